The molecule has 5 heteroatoms. The van der Waals surface area contributed by atoms with Gasteiger partial charge in [0.2, 0.25) is 0 Å². The van der Waals surface area contributed by atoms with Crippen molar-refractivity contribution in [2.75, 3.05) is 13.2 Å². The molecule has 5 nitrogen and oxygen atoms in total. The largest absolute Gasteiger partial charge is 0.490 e. The quantitative estimate of drug-likeness (QED) is 0.545. The van der Waals surface area contributed by atoms with Gasteiger partial charge in [-0.3, -0.25) is 4.79 Å². The van der Waals surface area contributed by atoms with E-state index in [1.54, 1.807) is 12.1 Å². The van der Waals surface area contributed by atoms with Gasteiger partial charge in [0, 0.05) is 35.2 Å². The highest BCUT2D eigenvalue weighted by atomic mass is 16.5. The monoisotopic (exact) mass is 352 g/mol. The number of H-pyrrole nitrogens is 1. The predicted molar refractivity (Wildman–Crippen MR) is 103 cm³/mol. The second kappa shape index (κ2) is 8.17. The van der Waals surface area contributed by atoms with Crippen molar-refractivity contribution in [3.8, 4) is 5.75 Å². The Balaban J connectivity index is 1.79. The standard InChI is InChI=1S/C21H24N2O3/c1-14(2)23-12-15(24)13-26-20-9-4-3-6-18(20)21(25)17-7-5-8-19-16(17)10-11-22-19/h3-11,14-15,22-24H,12-13H2,1-2H3. The van der Waals surface area contributed by atoms with E-state index in [1.807, 2.05) is 56.4 Å². The first kappa shape index (κ1) is 18.2. The van der Waals surface area contributed by atoms with Crippen molar-refractivity contribution in [3.63, 3.8) is 0 Å². The number of aromatic nitrogens is 1. The molecule has 0 aliphatic carbocycles. The van der Waals surface area contributed by atoms with Crippen LogP contribution in [0.3, 0.4) is 0 Å². The second-order valence-electron chi connectivity index (χ2n) is 6.60. The number of ketones is 1. The summed E-state index contributed by atoms with van der Waals surface area (Å²) in [6.45, 7) is 4.60. The smallest absolute Gasteiger partial charge is 0.197 e. The number of hydrogen-bond acceptors (Lipinski definition) is 4. The molecular weight excluding hydrogens is 328 g/mol. The highest BCUT2D eigenvalue weighted by Crippen LogP contribution is 2.25. The Kier molecular flexibility index (Phi) is 5.71. The average Bonchev–Trinajstić information content (AvgIpc) is 3.13. The molecule has 3 aromatic rings. The molecule has 1 heterocycles. The van der Waals surface area contributed by atoms with Gasteiger partial charge in [-0.1, -0.05) is 38.1 Å². The minimum absolute atomic E-state index is 0.0967. The van der Waals surface area contributed by atoms with Gasteiger partial charge in [-0.15, -0.1) is 0 Å². The molecule has 26 heavy (non-hydrogen) atoms. The lowest BCUT2D eigenvalue weighted by molar-refractivity contribution is 0.0983. The molecular formula is C21H24N2O3. The van der Waals surface area contributed by atoms with Crippen LogP contribution in [0.1, 0.15) is 29.8 Å². The molecule has 1 aromatic heterocycles. The SMILES string of the molecule is CC(C)NCC(O)COc1ccccc1C(=O)c1cccc2[nH]ccc12. The van der Waals surface area contributed by atoms with Crippen LogP contribution >= 0.6 is 0 Å². The van der Waals surface area contributed by atoms with Gasteiger partial charge in [0.15, 0.2) is 5.78 Å². The number of hydrogen-bond donors (Lipinski definition) is 3. The zero-order valence-corrected chi connectivity index (χ0v) is 15.0. The lowest BCUT2D eigenvalue weighted by Gasteiger charge is -2.16. The van der Waals surface area contributed by atoms with Crippen LogP contribution in [0.25, 0.3) is 10.9 Å². The van der Waals surface area contributed by atoms with E-state index in [4.69, 9.17) is 4.74 Å². The van der Waals surface area contributed by atoms with Crippen LogP contribution in [-0.4, -0.2) is 41.2 Å². The van der Waals surface area contributed by atoms with Gasteiger partial charge in [-0.2, -0.15) is 0 Å². The van der Waals surface area contributed by atoms with Gasteiger partial charge in [0.25, 0.3) is 0 Å². The minimum Gasteiger partial charge on any atom is -0.490 e. The molecule has 3 rings (SSSR count). The number of benzene rings is 2. The number of carbonyl (C=O) groups excluding carboxylic acids is 1. The Morgan fingerprint density at radius 3 is 2.69 bits per heavy atom. The van der Waals surface area contributed by atoms with Crippen LogP contribution in [0, 0.1) is 0 Å². The summed E-state index contributed by atoms with van der Waals surface area (Å²) in [6.07, 6.45) is 1.18. The first-order valence-corrected chi connectivity index (χ1v) is 8.80. The van der Waals surface area contributed by atoms with Crippen molar-refractivity contribution in [3.05, 3.63) is 65.9 Å². The van der Waals surface area contributed by atoms with Gasteiger partial charge in [-0.25, -0.2) is 0 Å². The zero-order chi connectivity index (χ0) is 18.5. The summed E-state index contributed by atoms with van der Waals surface area (Å²) < 4.78 is 5.75. The maximum Gasteiger partial charge on any atom is 0.197 e. The molecule has 0 spiro atoms. The van der Waals surface area contributed by atoms with Gasteiger partial charge in [-0.05, 0) is 24.3 Å². The van der Waals surface area contributed by atoms with E-state index in [9.17, 15) is 9.90 Å². The Morgan fingerprint density at radius 1 is 1.12 bits per heavy atom. The average molecular weight is 352 g/mol. The Hall–Kier alpha value is -2.63. The zero-order valence-electron chi connectivity index (χ0n) is 15.0. The molecule has 0 bridgehead atoms. The number of aliphatic hydroxyl groups is 1. The Bertz CT molecular complexity index is 886. The fraction of sp³-hybridized carbons (Fsp3) is 0.286. The van der Waals surface area contributed by atoms with Crippen LogP contribution in [0.4, 0.5) is 0 Å². The Morgan fingerprint density at radius 2 is 1.88 bits per heavy atom. The fourth-order valence-corrected chi connectivity index (χ4v) is 2.83. The van der Waals surface area contributed by atoms with Gasteiger partial charge in [0.05, 0.1) is 5.56 Å². The van der Waals surface area contributed by atoms with Crippen molar-refractivity contribution in [1.29, 1.82) is 0 Å². The van der Waals surface area contributed by atoms with E-state index < -0.39 is 6.10 Å². The molecule has 0 saturated heterocycles. The van der Waals surface area contributed by atoms with Crippen molar-refractivity contribution >= 4 is 16.7 Å². The lowest BCUT2D eigenvalue weighted by Crippen LogP contribution is -2.35. The number of rotatable bonds is 8. The van der Waals surface area contributed by atoms with Gasteiger partial charge >= 0.3 is 0 Å². The molecule has 1 atom stereocenters. The van der Waals surface area contributed by atoms with Gasteiger partial charge < -0.3 is 20.1 Å². The number of fused-ring (bicyclic) bond motifs is 1. The third kappa shape index (κ3) is 4.12. The normalized spacial score (nSPS) is 12.5. The first-order valence-electron chi connectivity index (χ1n) is 8.80. The minimum atomic E-state index is -0.645. The molecule has 1 unspecified atom stereocenters. The highest BCUT2D eigenvalue weighted by molar-refractivity contribution is 6.17. The van der Waals surface area contributed by atoms with Crippen molar-refractivity contribution in [2.45, 2.75) is 26.0 Å². The molecule has 2 aromatic carbocycles. The molecule has 0 radical (unpaired) electrons. The molecule has 0 fully saturated rings. The number of aliphatic hydroxyl groups excluding tert-OH is 1. The molecule has 0 aliphatic heterocycles. The molecule has 0 amide bonds. The van der Waals surface area contributed by atoms with Crippen LogP contribution in [0.15, 0.2) is 54.7 Å². The second-order valence-corrected chi connectivity index (χ2v) is 6.60. The summed E-state index contributed by atoms with van der Waals surface area (Å²) in [5, 5.41) is 14.1. The van der Waals surface area contributed by atoms with Crippen molar-refractivity contribution in [2.24, 2.45) is 0 Å². The molecule has 0 saturated carbocycles. The summed E-state index contributed by atoms with van der Waals surface area (Å²) >= 11 is 0. The van der Waals surface area contributed by atoms with E-state index in [-0.39, 0.29) is 12.4 Å². The molecule has 136 valence electrons. The third-order valence-corrected chi connectivity index (χ3v) is 4.16. The summed E-state index contributed by atoms with van der Waals surface area (Å²) in [5.74, 6) is 0.384. The number of ether oxygens (including phenoxy) is 1. The van der Waals surface area contributed by atoms with E-state index in [0.717, 1.165) is 10.9 Å². The lowest BCUT2D eigenvalue weighted by atomic mass is 9.99. The predicted octanol–water partition coefficient (Wildman–Crippen LogP) is 3.14. The highest BCUT2D eigenvalue weighted by Gasteiger charge is 2.18. The van der Waals surface area contributed by atoms with Crippen LogP contribution in [-0.2, 0) is 0 Å². The van der Waals surface area contributed by atoms with Gasteiger partial charge in [0.1, 0.15) is 18.5 Å². The third-order valence-electron chi connectivity index (χ3n) is 4.16. The number of para-hydroxylation sites is 1. The topological polar surface area (TPSA) is 74.3 Å². The number of aromatic amines is 1. The molecule has 0 aliphatic rings. The number of carbonyl (C=O) groups is 1. The fourth-order valence-electron chi connectivity index (χ4n) is 2.83. The van der Waals surface area contributed by atoms with E-state index in [2.05, 4.69) is 10.3 Å². The number of nitrogens with one attached hydrogen (secondary N) is 2. The summed E-state index contributed by atoms with van der Waals surface area (Å²) in [4.78, 5) is 16.2. The van der Waals surface area contributed by atoms with E-state index in [1.165, 1.54) is 0 Å². The van der Waals surface area contributed by atoms with E-state index in [0.29, 0.717) is 29.5 Å². The van der Waals surface area contributed by atoms with Crippen LogP contribution in [0.2, 0.25) is 0 Å². The molecule has 3 N–H and O–H groups in total. The van der Waals surface area contributed by atoms with Crippen molar-refractivity contribution < 1.29 is 14.6 Å². The summed E-state index contributed by atoms with van der Waals surface area (Å²) in [5.41, 5.74) is 2.04. The maximum absolute atomic E-state index is 13.1. The van der Waals surface area contributed by atoms with E-state index >= 15 is 0 Å². The maximum atomic E-state index is 13.1. The summed E-state index contributed by atoms with van der Waals surface area (Å²) in [6, 6.07) is 14.9. The van der Waals surface area contributed by atoms with Crippen molar-refractivity contribution in [1.82, 2.24) is 10.3 Å². The Labute approximate surface area is 153 Å². The van der Waals surface area contributed by atoms with Crippen LogP contribution < -0.4 is 10.1 Å². The van der Waals surface area contributed by atoms with Crippen LogP contribution in [0.5, 0.6) is 5.75 Å². The first-order chi connectivity index (χ1) is 12.6. The summed E-state index contributed by atoms with van der Waals surface area (Å²) in [7, 11) is 0.